The predicted octanol–water partition coefficient (Wildman–Crippen LogP) is 4.71. The first-order valence-electron chi connectivity index (χ1n) is 10.1. The molecule has 0 saturated carbocycles. The van der Waals surface area contributed by atoms with Gasteiger partial charge in [-0.2, -0.15) is 0 Å². The monoisotopic (exact) mass is 443 g/mol. The van der Waals surface area contributed by atoms with Crippen LogP contribution in [0.2, 0.25) is 0 Å². The second-order valence-electron chi connectivity index (χ2n) is 7.27. The summed E-state index contributed by atoms with van der Waals surface area (Å²) in [7, 11) is 0. The van der Waals surface area contributed by atoms with Crippen molar-refractivity contribution in [3.05, 3.63) is 94.8 Å². The smallest absolute Gasteiger partial charge is 0.266 e. The molecule has 6 nitrogen and oxygen atoms in total. The highest BCUT2D eigenvalue weighted by molar-refractivity contribution is 8.00. The molecular formula is C25H21N3O3S. The number of hydrogen-bond donors (Lipinski definition) is 1. The van der Waals surface area contributed by atoms with Crippen LogP contribution in [0, 0.1) is 0 Å². The molecule has 3 aromatic carbocycles. The number of para-hydroxylation sites is 2. The van der Waals surface area contributed by atoms with Crippen LogP contribution in [-0.2, 0) is 4.79 Å². The second kappa shape index (κ2) is 9.20. The van der Waals surface area contributed by atoms with Crippen molar-refractivity contribution < 1.29 is 9.59 Å². The molecule has 0 aliphatic carbocycles. The number of nitrogens with one attached hydrogen (secondary N) is 1. The number of amides is 1. The van der Waals surface area contributed by atoms with Crippen molar-refractivity contribution in [2.24, 2.45) is 0 Å². The number of carbonyl (C=O) groups excluding carboxylic acids is 2. The Labute approximate surface area is 189 Å². The third-order valence-corrected chi connectivity index (χ3v) is 6.02. The molecule has 1 N–H and O–H groups in total. The third-order valence-electron chi connectivity index (χ3n) is 4.97. The van der Waals surface area contributed by atoms with Gasteiger partial charge in [0.05, 0.1) is 21.8 Å². The van der Waals surface area contributed by atoms with Gasteiger partial charge in [0, 0.05) is 11.3 Å². The molecular weight excluding hydrogens is 422 g/mol. The average Bonchev–Trinajstić information content (AvgIpc) is 2.80. The van der Waals surface area contributed by atoms with Crippen LogP contribution < -0.4 is 10.9 Å². The molecule has 32 heavy (non-hydrogen) atoms. The van der Waals surface area contributed by atoms with Crippen molar-refractivity contribution >= 4 is 40.0 Å². The van der Waals surface area contributed by atoms with Crippen molar-refractivity contribution in [1.82, 2.24) is 9.55 Å². The number of anilines is 1. The van der Waals surface area contributed by atoms with Crippen LogP contribution in [0.1, 0.15) is 24.2 Å². The van der Waals surface area contributed by atoms with Gasteiger partial charge in [-0.05, 0) is 62.4 Å². The van der Waals surface area contributed by atoms with Crippen LogP contribution >= 0.6 is 11.8 Å². The zero-order valence-electron chi connectivity index (χ0n) is 17.6. The molecule has 0 fully saturated rings. The van der Waals surface area contributed by atoms with Gasteiger partial charge in [0.25, 0.3) is 5.56 Å². The SMILES string of the molecule is CC(=O)c1ccc(NC(=O)C(C)Sc2nc3ccccc3c(=O)n2-c2ccccc2)cc1. The molecule has 0 aliphatic rings. The molecule has 0 spiro atoms. The topological polar surface area (TPSA) is 81.1 Å². The molecule has 160 valence electrons. The number of carbonyl (C=O) groups is 2. The number of fused-ring (bicyclic) bond motifs is 1. The number of ketones is 1. The van der Waals surface area contributed by atoms with E-state index >= 15 is 0 Å². The van der Waals surface area contributed by atoms with Crippen molar-refractivity contribution in [3.63, 3.8) is 0 Å². The lowest BCUT2D eigenvalue weighted by atomic mass is 10.1. The highest BCUT2D eigenvalue weighted by atomic mass is 32.2. The third kappa shape index (κ3) is 4.48. The molecule has 0 aliphatic heterocycles. The maximum Gasteiger partial charge on any atom is 0.266 e. The van der Waals surface area contributed by atoms with E-state index in [1.165, 1.54) is 18.7 Å². The number of hydrogen-bond acceptors (Lipinski definition) is 5. The Bertz CT molecular complexity index is 1350. The zero-order chi connectivity index (χ0) is 22.7. The Kier molecular flexibility index (Phi) is 6.18. The summed E-state index contributed by atoms with van der Waals surface area (Å²) in [6.07, 6.45) is 0. The largest absolute Gasteiger partial charge is 0.325 e. The highest BCUT2D eigenvalue weighted by Crippen LogP contribution is 2.26. The lowest BCUT2D eigenvalue weighted by Gasteiger charge is -2.16. The molecule has 0 saturated heterocycles. The lowest BCUT2D eigenvalue weighted by molar-refractivity contribution is -0.115. The van der Waals surface area contributed by atoms with Crippen molar-refractivity contribution in [3.8, 4) is 5.69 Å². The van der Waals surface area contributed by atoms with Crippen LogP contribution in [-0.4, -0.2) is 26.5 Å². The number of thioether (sulfide) groups is 1. The van der Waals surface area contributed by atoms with E-state index < -0.39 is 5.25 Å². The van der Waals surface area contributed by atoms with Gasteiger partial charge in [0.1, 0.15) is 0 Å². The molecule has 4 aromatic rings. The summed E-state index contributed by atoms with van der Waals surface area (Å²) >= 11 is 1.22. The Morgan fingerprint density at radius 1 is 0.938 bits per heavy atom. The zero-order valence-corrected chi connectivity index (χ0v) is 18.4. The highest BCUT2D eigenvalue weighted by Gasteiger charge is 2.20. The van der Waals surface area contributed by atoms with E-state index in [0.717, 1.165) is 0 Å². The molecule has 4 rings (SSSR count). The van der Waals surface area contributed by atoms with Crippen molar-refractivity contribution in [2.75, 3.05) is 5.32 Å². The molecule has 1 amide bonds. The number of benzene rings is 3. The average molecular weight is 444 g/mol. The first-order valence-corrected chi connectivity index (χ1v) is 11.0. The second-order valence-corrected chi connectivity index (χ2v) is 8.58. The van der Waals surface area contributed by atoms with Gasteiger partial charge in [-0.3, -0.25) is 19.0 Å². The summed E-state index contributed by atoms with van der Waals surface area (Å²) in [6, 6.07) is 23.2. The van der Waals surface area contributed by atoms with Gasteiger partial charge in [-0.1, -0.05) is 42.1 Å². The summed E-state index contributed by atoms with van der Waals surface area (Å²) in [6.45, 7) is 3.26. The Hall–Kier alpha value is -3.71. The first-order chi connectivity index (χ1) is 15.4. The fourth-order valence-corrected chi connectivity index (χ4v) is 4.17. The minimum absolute atomic E-state index is 0.0342. The Morgan fingerprint density at radius 3 is 2.28 bits per heavy atom. The van der Waals surface area contributed by atoms with Crippen LogP contribution in [0.25, 0.3) is 16.6 Å². The molecule has 1 unspecified atom stereocenters. The fraction of sp³-hybridized carbons (Fsp3) is 0.120. The first kappa shape index (κ1) is 21.5. The molecule has 7 heteroatoms. The summed E-state index contributed by atoms with van der Waals surface area (Å²) in [5, 5.41) is 3.29. The van der Waals surface area contributed by atoms with E-state index in [1.807, 2.05) is 36.4 Å². The minimum atomic E-state index is -0.523. The Morgan fingerprint density at radius 2 is 1.59 bits per heavy atom. The van der Waals surface area contributed by atoms with Gasteiger partial charge in [-0.15, -0.1) is 0 Å². The van der Waals surface area contributed by atoms with Crippen LogP contribution in [0.3, 0.4) is 0 Å². The normalized spacial score (nSPS) is 11.8. The van der Waals surface area contributed by atoms with Gasteiger partial charge >= 0.3 is 0 Å². The molecule has 0 radical (unpaired) electrons. The van der Waals surface area contributed by atoms with Crippen LogP contribution in [0.4, 0.5) is 5.69 Å². The van der Waals surface area contributed by atoms with Crippen LogP contribution in [0.15, 0.2) is 88.8 Å². The van der Waals surface area contributed by atoms with E-state index in [1.54, 1.807) is 54.0 Å². The Balaban J connectivity index is 1.65. The van der Waals surface area contributed by atoms with Gasteiger partial charge < -0.3 is 5.32 Å². The maximum absolute atomic E-state index is 13.3. The number of Topliss-reactive ketones (excluding diaryl/α,β-unsaturated/α-hetero) is 1. The minimum Gasteiger partial charge on any atom is -0.325 e. The van der Waals surface area contributed by atoms with E-state index in [9.17, 15) is 14.4 Å². The number of aromatic nitrogens is 2. The standard InChI is InChI=1S/C25H21N3O3S/c1-16(29)18-12-14-19(15-13-18)26-23(30)17(2)32-25-27-22-11-7-6-10-21(22)24(31)28(25)20-8-4-3-5-9-20/h3-15,17H,1-2H3,(H,26,30). The van der Waals surface area contributed by atoms with Gasteiger partial charge in [0.2, 0.25) is 5.91 Å². The predicted molar refractivity (Wildman–Crippen MR) is 128 cm³/mol. The quantitative estimate of drug-likeness (QED) is 0.265. The van der Waals surface area contributed by atoms with Crippen LogP contribution in [0.5, 0.6) is 0 Å². The summed E-state index contributed by atoms with van der Waals surface area (Å²) in [4.78, 5) is 42.2. The van der Waals surface area contributed by atoms with E-state index in [2.05, 4.69) is 10.3 Å². The van der Waals surface area contributed by atoms with Gasteiger partial charge in [-0.25, -0.2) is 4.98 Å². The fourth-order valence-electron chi connectivity index (χ4n) is 3.24. The molecule has 0 bridgehead atoms. The molecule has 1 heterocycles. The summed E-state index contributed by atoms with van der Waals surface area (Å²) in [5.74, 6) is -0.263. The van der Waals surface area contributed by atoms with E-state index in [-0.39, 0.29) is 17.2 Å². The van der Waals surface area contributed by atoms with Gasteiger partial charge in [0.15, 0.2) is 10.9 Å². The molecule has 1 atom stereocenters. The van der Waals surface area contributed by atoms with E-state index in [0.29, 0.717) is 33.0 Å². The molecule has 1 aromatic heterocycles. The van der Waals surface area contributed by atoms with Crippen molar-refractivity contribution in [1.29, 1.82) is 0 Å². The number of nitrogens with zero attached hydrogens (tertiary/aromatic N) is 2. The maximum atomic E-state index is 13.3. The van der Waals surface area contributed by atoms with E-state index in [4.69, 9.17) is 0 Å². The number of rotatable bonds is 6. The summed E-state index contributed by atoms with van der Waals surface area (Å²) < 4.78 is 1.54. The van der Waals surface area contributed by atoms with Crippen molar-refractivity contribution in [2.45, 2.75) is 24.3 Å². The lowest BCUT2D eigenvalue weighted by Crippen LogP contribution is -2.26. The summed E-state index contributed by atoms with van der Waals surface area (Å²) in [5.41, 5.74) is 2.26.